The molecule has 0 fully saturated rings. The van der Waals surface area contributed by atoms with Crippen LogP contribution in [0.3, 0.4) is 0 Å². The number of methoxy groups -OCH3 is 1. The molecule has 0 saturated carbocycles. The molecule has 0 spiro atoms. The molecule has 0 radical (unpaired) electrons. The van der Waals surface area contributed by atoms with E-state index in [4.69, 9.17) is 16.3 Å². The summed E-state index contributed by atoms with van der Waals surface area (Å²) in [6.45, 7) is 4.70. The van der Waals surface area contributed by atoms with Crippen molar-refractivity contribution < 1.29 is 9.53 Å². The number of hydrogen-bond acceptors (Lipinski definition) is 2. The van der Waals surface area contributed by atoms with Crippen molar-refractivity contribution in [2.45, 2.75) is 26.3 Å². The van der Waals surface area contributed by atoms with Gasteiger partial charge in [0.15, 0.2) is 0 Å². The van der Waals surface area contributed by atoms with E-state index in [0.717, 1.165) is 11.3 Å². The molecular formula is C13H18ClNO2. The molecule has 1 aromatic carbocycles. The van der Waals surface area contributed by atoms with Gasteiger partial charge in [0.1, 0.15) is 11.6 Å². The molecule has 0 aliphatic rings. The van der Waals surface area contributed by atoms with Crippen LogP contribution >= 0.6 is 11.6 Å². The summed E-state index contributed by atoms with van der Waals surface area (Å²) in [5, 5.41) is 2.74. The van der Waals surface area contributed by atoms with Crippen LogP contribution in [0.5, 0.6) is 5.75 Å². The molecule has 0 aromatic heterocycles. The molecule has 1 amide bonds. The number of hydrogen-bond donors (Lipinski definition) is 1. The highest BCUT2D eigenvalue weighted by Gasteiger charge is 2.08. The smallest absolute Gasteiger partial charge is 0.235 e. The number of rotatable bonds is 5. The fraction of sp³-hybridized carbons (Fsp3) is 0.462. The van der Waals surface area contributed by atoms with E-state index in [1.807, 2.05) is 12.1 Å². The minimum Gasteiger partial charge on any atom is -0.496 e. The van der Waals surface area contributed by atoms with Crippen molar-refractivity contribution in [2.24, 2.45) is 0 Å². The van der Waals surface area contributed by atoms with E-state index >= 15 is 0 Å². The Morgan fingerprint density at radius 2 is 2.18 bits per heavy atom. The summed E-state index contributed by atoms with van der Waals surface area (Å²) in [7, 11) is 1.62. The highest BCUT2D eigenvalue weighted by Crippen LogP contribution is 2.23. The van der Waals surface area contributed by atoms with Crippen molar-refractivity contribution in [3.05, 3.63) is 29.3 Å². The zero-order valence-electron chi connectivity index (χ0n) is 10.4. The molecule has 1 rings (SSSR count). The maximum absolute atomic E-state index is 11.1. The van der Waals surface area contributed by atoms with Gasteiger partial charge in [0.05, 0.1) is 7.11 Å². The average Bonchev–Trinajstić information content (AvgIpc) is 2.35. The molecule has 1 N–H and O–H groups in total. The Hall–Kier alpha value is -1.22. The summed E-state index contributed by atoms with van der Waals surface area (Å²) in [4.78, 5) is 11.1. The molecule has 94 valence electrons. The monoisotopic (exact) mass is 255 g/mol. The second kappa shape index (κ2) is 6.50. The van der Waals surface area contributed by atoms with Crippen molar-refractivity contribution in [3.8, 4) is 5.75 Å². The zero-order valence-corrected chi connectivity index (χ0v) is 11.2. The van der Waals surface area contributed by atoms with E-state index < -0.39 is 0 Å². The van der Waals surface area contributed by atoms with E-state index in [2.05, 4.69) is 25.2 Å². The van der Waals surface area contributed by atoms with Crippen LogP contribution in [0.1, 0.15) is 30.9 Å². The van der Waals surface area contributed by atoms with E-state index in [1.54, 1.807) is 7.11 Å². The second-order valence-electron chi connectivity index (χ2n) is 4.14. The lowest BCUT2D eigenvalue weighted by atomic mass is 10.0. The maximum Gasteiger partial charge on any atom is 0.235 e. The zero-order chi connectivity index (χ0) is 12.8. The van der Waals surface area contributed by atoms with E-state index in [-0.39, 0.29) is 11.8 Å². The summed E-state index contributed by atoms with van der Waals surface area (Å²) in [5.74, 6) is 1.03. The maximum atomic E-state index is 11.1. The molecule has 0 unspecified atom stereocenters. The van der Waals surface area contributed by atoms with Crippen LogP contribution in [0.4, 0.5) is 0 Å². The van der Waals surface area contributed by atoms with Crippen LogP contribution in [0.25, 0.3) is 0 Å². The van der Waals surface area contributed by atoms with Crippen LogP contribution in [0.15, 0.2) is 18.2 Å². The first-order valence-electron chi connectivity index (χ1n) is 5.58. The quantitative estimate of drug-likeness (QED) is 0.822. The molecule has 0 heterocycles. The number of carbonyl (C=O) groups is 1. The third kappa shape index (κ3) is 3.93. The third-order valence-corrected chi connectivity index (χ3v) is 2.81. The van der Waals surface area contributed by atoms with Gasteiger partial charge in [-0.3, -0.25) is 4.79 Å². The van der Waals surface area contributed by atoms with E-state index in [1.165, 1.54) is 5.56 Å². The van der Waals surface area contributed by atoms with E-state index in [9.17, 15) is 4.79 Å². The van der Waals surface area contributed by atoms with Crippen LogP contribution in [-0.4, -0.2) is 18.9 Å². The fourth-order valence-electron chi connectivity index (χ4n) is 1.54. The molecule has 0 bridgehead atoms. The van der Waals surface area contributed by atoms with E-state index in [0.29, 0.717) is 12.5 Å². The number of nitrogens with one attached hydrogen (secondary N) is 1. The predicted octanol–water partition coefficient (Wildman–Crippen LogP) is 2.67. The Bertz CT molecular complexity index is 391. The van der Waals surface area contributed by atoms with Gasteiger partial charge in [-0.1, -0.05) is 26.0 Å². The molecule has 4 heteroatoms. The fourth-order valence-corrected chi connectivity index (χ4v) is 1.63. The van der Waals surface area contributed by atoms with Crippen molar-refractivity contribution in [1.29, 1.82) is 0 Å². The lowest BCUT2D eigenvalue weighted by molar-refractivity contribution is -0.118. The van der Waals surface area contributed by atoms with Gasteiger partial charge in [0.25, 0.3) is 0 Å². The lowest BCUT2D eigenvalue weighted by Gasteiger charge is -2.13. The highest BCUT2D eigenvalue weighted by atomic mass is 35.5. The Balaban J connectivity index is 2.86. The van der Waals surface area contributed by atoms with Crippen molar-refractivity contribution in [2.75, 3.05) is 13.0 Å². The Labute approximate surface area is 107 Å². The number of ether oxygens (including phenoxy) is 1. The van der Waals surface area contributed by atoms with Gasteiger partial charge in [-0.15, -0.1) is 11.6 Å². The molecule has 1 aromatic rings. The molecule has 0 atom stereocenters. The third-order valence-electron chi connectivity index (χ3n) is 2.57. The average molecular weight is 256 g/mol. The molecule has 0 saturated heterocycles. The molecule has 3 nitrogen and oxygen atoms in total. The standard InChI is InChI=1S/C13H18ClNO2/c1-9(2)10-4-5-12(17-3)11(6-10)8-15-13(16)7-14/h4-6,9H,7-8H2,1-3H3,(H,15,16). The number of amides is 1. The van der Waals surface area contributed by atoms with Gasteiger partial charge in [-0.25, -0.2) is 0 Å². The summed E-state index contributed by atoms with van der Waals surface area (Å²) in [6, 6.07) is 6.02. The summed E-state index contributed by atoms with van der Waals surface area (Å²) >= 11 is 5.43. The minimum atomic E-state index is -0.177. The van der Waals surface area contributed by atoms with Crippen LogP contribution < -0.4 is 10.1 Å². The molecular weight excluding hydrogens is 238 g/mol. The SMILES string of the molecule is COc1ccc(C(C)C)cc1CNC(=O)CCl. The van der Waals surface area contributed by atoms with Crippen molar-refractivity contribution in [1.82, 2.24) is 5.32 Å². The molecule has 17 heavy (non-hydrogen) atoms. The first-order chi connectivity index (χ1) is 8.08. The summed E-state index contributed by atoms with van der Waals surface area (Å²) in [5.41, 5.74) is 2.19. The van der Waals surface area contributed by atoms with Crippen molar-refractivity contribution >= 4 is 17.5 Å². The second-order valence-corrected chi connectivity index (χ2v) is 4.40. The number of halogens is 1. The van der Waals surface area contributed by atoms with Gasteiger partial charge >= 0.3 is 0 Å². The minimum absolute atomic E-state index is 0.0216. The van der Waals surface area contributed by atoms with Crippen molar-refractivity contribution in [3.63, 3.8) is 0 Å². The molecule has 0 aliphatic heterocycles. The predicted molar refractivity (Wildman–Crippen MR) is 69.6 cm³/mol. The summed E-state index contributed by atoms with van der Waals surface area (Å²) in [6.07, 6.45) is 0. The number of carbonyl (C=O) groups excluding carboxylic acids is 1. The Kier molecular flexibility index (Phi) is 5.29. The highest BCUT2D eigenvalue weighted by molar-refractivity contribution is 6.27. The number of alkyl halides is 1. The summed E-state index contributed by atoms with van der Waals surface area (Å²) < 4.78 is 5.26. The van der Waals surface area contributed by atoms with Gasteiger partial charge in [-0.05, 0) is 17.5 Å². The van der Waals surface area contributed by atoms with Crippen LogP contribution in [0, 0.1) is 0 Å². The van der Waals surface area contributed by atoms with Gasteiger partial charge in [-0.2, -0.15) is 0 Å². The Morgan fingerprint density at radius 3 is 2.71 bits per heavy atom. The van der Waals surface area contributed by atoms with Gasteiger partial charge < -0.3 is 10.1 Å². The van der Waals surface area contributed by atoms with Gasteiger partial charge in [0.2, 0.25) is 5.91 Å². The first kappa shape index (κ1) is 13.8. The van der Waals surface area contributed by atoms with Crippen LogP contribution in [-0.2, 0) is 11.3 Å². The van der Waals surface area contributed by atoms with Crippen LogP contribution in [0.2, 0.25) is 0 Å². The topological polar surface area (TPSA) is 38.3 Å². The number of benzene rings is 1. The largest absolute Gasteiger partial charge is 0.496 e. The molecule has 0 aliphatic carbocycles. The van der Waals surface area contributed by atoms with Gasteiger partial charge in [0, 0.05) is 12.1 Å². The first-order valence-corrected chi connectivity index (χ1v) is 6.11. The lowest BCUT2D eigenvalue weighted by Crippen LogP contribution is -2.24. The normalized spacial score (nSPS) is 10.4. The Morgan fingerprint density at radius 1 is 1.47 bits per heavy atom.